The molecule has 3 amide bonds. The number of hydrogen-bond donors (Lipinski definition) is 1. The van der Waals surface area contributed by atoms with Crippen LogP contribution in [-0.4, -0.2) is 35.6 Å². The van der Waals surface area contributed by atoms with E-state index in [-0.39, 0.29) is 28.5 Å². The highest BCUT2D eigenvalue weighted by Crippen LogP contribution is 2.43. The summed E-state index contributed by atoms with van der Waals surface area (Å²) in [4.78, 5) is 23.8. The Morgan fingerprint density at radius 1 is 1.29 bits per heavy atom. The van der Waals surface area contributed by atoms with Gasteiger partial charge in [-0.1, -0.05) is 12.2 Å². The molecule has 1 saturated heterocycles. The molecule has 5 atom stereocenters. The first-order chi connectivity index (χ1) is 8.03. The lowest BCUT2D eigenvalue weighted by Gasteiger charge is -2.46. The number of amides is 3. The van der Waals surface area contributed by atoms with Crippen LogP contribution in [0.25, 0.3) is 0 Å². The molecule has 17 heavy (non-hydrogen) atoms. The summed E-state index contributed by atoms with van der Waals surface area (Å²) in [5.74, 6) is 0.947. The lowest BCUT2D eigenvalue weighted by atomic mass is 9.71. The van der Waals surface area contributed by atoms with Gasteiger partial charge in [-0.15, -0.1) is 0 Å². The van der Waals surface area contributed by atoms with Crippen molar-refractivity contribution in [3.8, 4) is 0 Å². The van der Waals surface area contributed by atoms with Crippen LogP contribution in [0, 0.1) is 11.8 Å². The molecule has 1 aliphatic heterocycles. The van der Waals surface area contributed by atoms with Gasteiger partial charge in [-0.05, 0) is 25.7 Å². The number of urea groups is 1. The summed E-state index contributed by atoms with van der Waals surface area (Å²) < 4.78 is 0.254. The molecule has 5 unspecified atom stereocenters. The largest absolute Gasteiger partial charge is 0.424 e. The fourth-order valence-corrected chi connectivity index (χ4v) is 3.71. The Morgan fingerprint density at radius 2 is 2.06 bits per heavy atom. The average Bonchev–Trinajstić information content (AvgIpc) is 2.56. The van der Waals surface area contributed by atoms with Crippen LogP contribution in [0.3, 0.4) is 0 Å². The molecule has 0 aromatic carbocycles. The number of imide groups is 1. The fraction of sp³-hybridized carbons (Fsp3) is 0.692. The molecule has 92 valence electrons. The number of likely N-dealkylation sites (N-methyl/N-ethyl adjacent to an activating group) is 1. The second kappa shape index (κ2) is 3.42. The SMILES string of the molecule is CC1C(=O)NC(=O)[N+]1(C)C1CC2C=CC1CC2. The zero-order valence-electron chi connectivity index (χ0n) is 10.3. The summed E-state index contributed by atoms with van der Waals surface area (Å²) in [5, 5.41) is 2.48. The minimum atomic E-state index is -0.250. The van der Waals surface area contributed by atoms with Crippen molar-refractivity contribution >= 4 is 11.9 Å². The Kier molecular flexibility index (Phi) is 2.20. The third kappa shape index (κ3) is 1.33. The molecular formula is C13H19N2O2+. The molecule has 2 bridgehead atoms. The first-order valence-corrected chi connectivity index (χ1v) is 6.43. The maximum Gasteiger partial charge on any atom is 0.424 e. The standard InChI is InChI=1S/C13H18N2O2/c1-8-12(16)14-13(17)15(8,2)11-7-9-3-5-10(11)6-4-9/h3,5,8-11H,4,6-7H2,1-2H3/p+1. The topological polar surface area (TPSA) is 46.2 Å². The van der Waals surface area contributed by atoms with Gasteiger partial charge in [0.2, 0.25) is 0 Å². The zero-order chi connectivity index (χ0) is 12.2. The Morgan fingerprint density at radius 3 is 2.47 bits per heavy atom. The lowest BCUT2D eigenvalue weighted by Crippen LogP contribution is -2.62. The van der Waals surface area contributed by atoms with Crippen molar-refractivity contribution in [1.29, 1.82) is 0 Å². The van der Waals surface area contributed by atoms with Gasteiger partial charge < -0.3 is 0 Å². The molecule has 1 heterocycles. The molecule has 0 aromatic rings. The summed E-state index contributed by atoms with van der Waals surface area (Å²) in [6.07, 6.45) is 7.99. The second-order valence-electron chi connectivity index (χ2n) is 5.81. The molecule has 0 aromatic heterocycles. The van der Waals surface area contributed by atoms with Crippen LogP contribution in [0.2, 0.25) is 0 Å². The maximum absolute atomic E-state index is 12.1. The van der Waals surface area contributed by atoms with E-state index >= 15 is 0 Å². The number of carbonyl (C=O) groups is 2. The minimum absolute atomic E-state index is 0.117. The van der Waals surface area contributed by atoms with Crippen LogP contribution in [0.15, 0.2) is 12.2 Å². The van der Waals surface area contributed by atoms with Crippen LogP contribution >= 0.6 is 0 Å². The first kappa shape index (κ1) is 11.0. The van der Waals surface area contributed by atoms with Gasteiger partial charge in [0.1, 0.15) is 6.04 Å². The Hall–Kier alpha value is -1.16. The van der Waals surface area contributed by atoms with Crippen LogP contribution < -0.4 is 5.32 Å². The van der Waals surface area contributed by atoms with Crippen LogP contribution in [0.4, 0.5) is 4.79 Å². The minimum Gasteiger partial charge on any atom is -0.267 e. The number of quaternary nitrogens is 1. The maximum atomic E-state index is 12.1. The van der Waals surface area contributed by atoms with E-state index in [1.807, 2.05) is 14.0 Å². The normalized spacial score (nSPS) is 48.6. The number of hydrogen-bond acceptors (Lipinski definition) is 2. The summed E-state index contributed by atoms with van der Waals surface area (Å²) in [5.41, 5.74) is 0. The molecule has 4 nitrogen and oxygen atoms in total. The number of allylic oxidation sites excluding steroid dienone is 1. The first-order valence-electron chi connectivity index (χ1n) is 6.43. The number of fused-ring (bicyclic) bond motifs is 2. The van der Waals surface area contributed by atoms with E-state index in [0.29, 0.717) is 11.8 Å². The van der Waals surface area contributed by atoms with Gasteiger partial charge in [0.25, 0.3) is 5.91 Å². The van der Waals surface area contributed by atoms with Crippen molar-refractivity contribution in [1.82, 2.24) is 5.32 Å². The fourth-order valence-electron chi connectivity index (χ4n) is 3.71. The smallest absolute Gasteiger partial charge is 0.267 e. The van der Waals surface area contributed by atoms with Crippen molar-refractivity contribution in [2.75, 3.05) is 7.05 Å². The van der Waals surface area contributed by atoms with Crippen molar-refractivity contribution in [3.05, 3.63) is 12.2 Å². The summed E-state index contributed by atoms with van der Waals surface area (Å²) >= 11 is 0. The third-order valence-electron chi connectivity index (χ3n) is 5.08. The molecule has 4 rings (SSSR count). The second-order valence-corrected chi connectivity index (χ2v) is 5.81. The molecule has 4 heteroatoms. The van der Waals surface area contributed by atoms with Crippen molar-refractivity contribution in [3.63, 3.8) is 0 Å². The highest BCUT2D eigenvalue weighted by Gasteiger charge is 2.57. The summed E-state index contributed by atoms with van der Waals surface area (Å²) in [6, 6.07) is -0.0890. The van der Waals surface area contributed by atoms with E-state index in [1.165, 1.54) is 6.42 Å². The highest BCUT2D eigenvalue weighted by molar-refractivity contribution is 5.99. The van der Waals surface area contributed by atoms with E-state index in [9.17, 15) is 9.59 Å². The van der Waals surface area contributed by atoms with E-state index in [2.05, 4.69) is 17.5 Å². The summed E-state index contributed by atoms with van der Waals surface area (Å²) in [7, 11) is 1.92. The Bertz CT molecular complexity index is 418. The summed E-state index contributed by atoms with van der Waals surface area (Å²) in [6.45, 7) is 1.87. The van der Waals surface area contributed by atoms with Crippen molar-refractivity contribution in [2.45, 2.75) is 38.3 Å². The van der Waals surface area contributed by atoms with Gasteiger partial charge in [-0.2, -0.15) is 0 Å². The van der Waals surface area contributed by atoms with Gasteiger partial charge in [0, 0.05) is 12.3 Å². The zero-order valence-corrected chi connectivity index (χ0v) is 10.3. The van der Waals surface area contributed by atoms with E-state index in [1.54, 1.807) is 0 Å². The van der Waals surface area contributed by atoms with Crippen LogP contribution in [0.5, 0.6) is 0 Å². The average molecular weight is 235 g/mol. The molecule has 2 fully saturated rings. The predicted molar refractivity (Wildman–Crippen MR) is 62.9 cm³/mol. The number of rotatable bonds is 1. The number of carbonyl (C=O) groups excluding carboxylic acids is 2. The van der Waals surface area contributed by atoms with Gasteiger partial charge in [0.05, 0.1) is 7.05 Å². The highest BCUT2D eigenvalue weighted by atomic mass is 16.2. The van der Waals surface area contributed by atoms with Gasteiger partial charge in [-0.3, -0.25) is 4.79 Å². The molecule has 3 aliphatic carbocycles. The van der Waals surface area contributed by atoms with Gasteiger partial charge >= 0.3 is 6.03 Å². The molecular weight excluding hydrogens is 216 g/mol. The van der Waals surface area contributed by atoms with Crippen LogP contribution in [0.1, 0.15) is 26.2 Å². The monoisotopic (exact) mass is 235 g/mol. The van der Waals surface area contributed by atoms with E-state index in [0.717, 1.165) is 12.8 Å². The van der Waals surface area contributed by atoms with E-state index < -0.39 is 0 Å². The molecule has 0 radical (unpaired) electrons. The third-order valence-corrected chi connectivity index (χ3v) is 5.08. The molecule has 1 saturated carbocycles. The van der Waals surface area contributed by atoms with Gasteiger partial charge in [-0.25, -0.2) is 14.6 Å². The van der Waals surface area contributed by atoms with E-state index in [4.69, 9.17) is 0 Å². The Balaban J connectivity index is 1.96. The van der Waals surface area contributed by atoms with Crippen molar-refractivity contribution in [2.24, 2.45) is 11.8 Å². The molecule has 1 N–H and O–H groups in total. The Labute approximate surface area is 101 Å². The quantitative estimate of drug-likeness (QED) is 0.424. The molecule has 4 aliphatic rings. The lowest BCUT2D eigenvalue weighted by molar-refractivity contribution is -0.869. The van der Waals surface area contributed by atoms with Gasteiger partial charge in [0.15, 0.2) is 6.04 Å². The number of nitrogens with one attached hydrogen (secondary N) is 1. The number of nitrogens with zero attached hydrogens (tertiary/aromatic N) is 1. The predicted octanol–water partition coefficient (Wildman–Crippen LogP) is 1.43. The van der Waals surface area contributed by atoms with Crippen LogP contribution in [-0.2, 0) is 4.79 Å². The molecule has 0 spiro atoms. The van der Waals surface area contributed by atoms with Crippen molar-refractivity contribution < 1.29 is 14.1 Å².